The lowest BCUT2D eigenvalue weighted by atomic mass is 10.2. The minimum atomic E-state index is -3.88. The van der Waals surface area contributed by atoms with Crippen LogP contribution >= 0.6 is 0 Å². The number of anilines is 1. The van der Waals surface area contributed by atoms with Crippen LogP contribution in [0, 0.1) is 11.7 Å². The second kappa shape index (κ2) is 4.27. The topological polar surface area (TPSA) is 72.2 Å². The van der Waals surface area contributed by atoms with Gasteiger partial charge in [0.05, 0.1) is 5.69 Å². The fourth-order valence-electron chi connectivity index (χ4n) is 1.81. The van der Waals surface area contributed by atoms with Gasteiger partial charge in [0.15, 0.2) is 0 Å². The molecule has 17 heavy (non-hydrogen) atoms. The average Bonchev–Trinajstić information content (AvgIpc) is 2.98. The SMILES string of the molecule is CC(NS(=O)(=O)c1c(N)cccc1F)C1CC1. The van der Waals surface area contributed by atoms with Crippen molar-refractivity contribution in [2.45, 2.75) is 30.7 Å². The highest BCUT2D eigenvalue weighted by Gasteiger charge is 2.32. The summed E-state index contributed by atoms with van der Waals surface area (Å²) in [4.78, 5) is -0.451. The van der Waals surface area contributed by atoms with E-state index in [1.807, 2.05) is 0 Å². The van der Waals surface area contributed by atoms with Crippen LogP contribution in [0.5, 0.6) is 0 Å². The molecule has 1 fully saturated rings. The van der Waals surface area contributed by atoms with Gasteiger partial charge in [0.25, 0.3) is 0 Å². The Morgan fingerprint density at radius 1 is 1.47 bits per heavy atom. The first-order valence-electron chi connectivity index (χ1n) is 5.48. The maximum atomic E-state index is 13.5. The van der Waals surface area contributed by atoms with Crippen molar-refractivity contribution in [3.63, 3.8) is 0 Å². The molecule has 0 radical (unpaired) electrons. The molecular formula is C11H15FN2O2S. The molecular weight excluding hydrogens is 243 g/mol. The molecule has 6 heteroatoms. The Hall–Kier alpha value is -1.14. The van der Waals surface area contributed by atoms with E-state index in [1.54, 1.807) is 6.92 Å². The molecule has 1 aliphatic carbocycles. The van der Waals surface area contributed by atoms with Crippen molar-refractivity contribution >= 4 is 15.7 Å². The van der Waals surface area contributed by atoms with Crippen molar-refractivity contribution < 1.29 is 12.8 Å². The van der Waals surface area contributed by atoms with Crippen LogP contribution in [0.1, 0.15) is 19.8 Å². The number of nitrogens with two attached hydrogens (primary N) is 1. The number of sulfonamides is 1. The van der Waals surface area contributed by atoms with Crippen LogP contribution in [0.15, 0.2) is 23.1 Å². The van der Waals surface area contributed by atoms with Gasteiger partial charge >= 0.3 is 0 Å². The minimum Gasteiger partial charge on any atom is -0.398 e. The number of nitrogen functional groups attached to an aromatic ring is 1. The Kier molecular flexibility index (Phi) is 3.09. The second-order valence-electron chi connectivity index (χ2n) is 4.41. The molecule has 1 unspecified atom stereocenters. The van der Waals surface area contributed by atoms with Crippen LogP contribution in [0.4, 0.5) is 10.1 Å². The maximum Gasteiger partial charge on any atom is 0.245 e. The molecule has 1 aromatic carbocycles. The minimum absolute atomic E-state index is 0.0690. The summed E-state index contributed by atoms with van der Waals surface area (Å²) in [7, 11) is -3.88. The summed E-state index contributed by atoms with van der Waals surface area (Å²) < 4.78 is 40.0. The van der Waals surface area contributed by atoms with E-state index in [1.165, 1.54) is 12.1 Å². The van der Waals surface area contributed by atoms with Crippen molar-refractivity contribution in [3.8, 4) is 0 Å². The van der Waals surface area contributed by atoms with Gasteiger partial charge in [-0.2, -0.15) is 0 Å². The van der Waals surface area contributed by atoms with E-state index in [0.717, 1.165) is 18.9 Å². The fraction of sp³-hybridized carbons (Fsp3) is 0.455. The zero-order chi connectivity index (χ0) is 12.6. The van der Waals surface area contributed by atoms with Gasteiger partial charge in [-0.1, -0.05) is 6.07 Å². The smallest absolute Gasteiger partial charge is 0.245 e. The Balaban J connectivity index is 2.30. The summed E-state index contributed by atoms with van der Waals surface area (Å²) >= 11 is 0. The predicted molar refractivity (Wildman–Crippen MR) is 63.3 cm³/mol. The normalized spacial score (nSPS) is 18.0. The van der Waals surface area contributed by atoms with Gasteiger partial charge in [-0.05, 0) is 37.8 Å². The van der Waals surface area contributed by atoms with E-state index in [4.69, 9.17) is 5.73 Å². The summed E-state index contributed by atoms with van der Waals surface area (Å²) in [6.07, 6.45) is 2.02. The highest BCUT2D eigenvalue weighted by molar-refractivity contribution is 7.89. The third-order valence-corrected chi connectivity index (χ3v) is 4.59. The van der Waals surface area contributed by atoms with Gasteiger partial charge in [-0.25, -0.2) is 17.5 Å². The molecule has 2 rings (SSSR count). The van der Waals surface area contributed by atoms with Gasteiger partial charge in [0.1, 0.15) is 10.7 Å². The third kappa shape index (κ3) is 2.58. The summed E-state index contributed by atoms with van der Waals surface area (Å²) in [5.41, 5.74) is 5.45. The molecule has 0 amide bonds. The number of hydrogen-bond acceptors (Lipinski definition) is 3. The highest BCUT2D eigenvalue weighted by Crippen LogP contribution is 2.33. The standard InChI is InChI=1S/C11H15FN2O2S/c1-7(8-5-6-8)14-17(15,16)11-9(12)3-2-4-10(11)13/h2-4,7-8,14H,5-6,13H2,1H3. The molecule has 1 aromatic rings. The number of hydrogen-bond donors (Lipinski definition) is 2. The lowest BCUT2D eigenvalue weighted by Gasteiger charge is -2.14. The van der Waals surface area contributed by atoms with Gasteiger partial charge < -0.3 is 5.73 Å². The molecule has 0 aliphatic heterocycles. The molecule has 1 aliphatic rings. The van der Waals surface area contributed by atoms with E-state index >= 15 is 0 Å². The zero-order valence-electron chi connectivity index (χ0n) is 9.48. The Labute approximate surface area is 100 Å². The van der Waals surface area contributed by atoms with Crippen LogP contribution in [0.2, 0.25) is 0 Å². The largest absolute Gasteiger partial charge is 0.398 e. The lowest BCUT2D eigenvalue weighted by Crippen LogP contribution is -2.34. The Bertz CT molecular complexity index is 506. The molecule has 94 valence electrons. The first-order chi connectivity index (χ1) is 7.92. The summed E-state index contributed by atoms with van der Waals surface area (Å²) in [5.74, 6) is -0.460. The third-order valence-electron chi connectivity index (χ3n) is 2.94. The molecule has 0 heterocycles. The molecule has 0 spiro atoms. The Morgan fingerprint density at radius 3 is 2.65 bits per heavy atom. The van der Waals surface area contributed by atoms with Gasteiger partial charge in [-0.15, -0.1) is 0 Å². The monoisotopic (exact) mass is 258 g/mol. The first-order valence-corrected chi connectivity index (χ1v) is 6.96. The van der Waals surface area contributed by atoms with Gasteiger partial charge in [-0.3, -0.25) is 0 Å². The van der Waals surface area contributed by atoms with Crippen LogP contribution in [-0.2, 0) is 10.0 Å². The van der Waals surface area contributed by atoms with Gasteiger partial charge in [0.2, 0.25) is 10.0 Å². The van der Waals surface area contributed by atoms with E-state index in [2.05, 4.69) is 4.72 Å². The van der Waals surface area contributed by atoms with Gasteiger partial charge in [0, 0.05) is 6.04 Å². The molecule has 0 bridgehead atoms. The molecule has 1 atom stereocenters. The summed E-state index contributed by atoms with van der Waals surface area (Å²) in [6.45, 7) is 1.78. The van der Waals surface area contributed by atoms with Crippen molar-refractivity contribution in [1.29, 1.82) is 0 Å². The van der Waals surface area contributed by atoms with Crippen molar-refractivity contribution in [2.75, 3.05) is 5.73 Å². The van der Waals surface area contributed by atoms with E-state index < -0.39 is 20.7 Å². The quantitative estimate of drug-likeness (QED) is 0.804. The number of benzene rings is 1. The number of halogens is 1. The molecule has 1 saturated carbocycles. The maximum absolute atomic E-state index is 13.5. The first kappa shape index (κ1) is 12.3. The van der Waals surface area contributed by atoms with Crippen molar-refractivity contribution in [3.05, 3.63) is 24.0 Å². The molecule has 0 aromatic heterocycles. The summed E-state index contributed by atoms with van der Waals surface area (Å²) in [6, 6.07) is 3.67. The second-order valence-corrected chi connectivity index (χ2v) is 6.06. The zero-order valence-corrected chi connectivity index (χ0v) is 10.3. The van der Waals surface area contributed by atoms with Crippen LogP contribution in [0.3, 0.4) is 0 Å². The number of nitrogens with one attached hydrogen (secondary N) is 1. The molecule has 0 saturated heterocycles. The fourth-order valence-corrected chi connectivity index (χ4v) is 3.31. The van der Waals surface area contributed by atoms with Crippen molar-refractivity contribution in [1.82, 2.24) is 4.72 Å². The summed E-state index contributed by atoms with van der Waals surface area (Å²) in [5, 5.41) is 0. The predicted octanol–water partition coefficient (Wildman–Crippen LogP) is 1.48. The van der Waals surface area contributed by atoms with Crippen LogP contribution < -0.4 is 10.5 Å². The van der Waals surface area contributed by atoms with E-state index in [-0.39, 0.29) is 11.7 Å². The highest BCUT2D eigenvalue weighted by atomic mass is 32.2. The number of rotatable bonds is 4. The molecule has 4 nitrogen and oxygen atoms in total. The van der Waals surface area contributed by atoms with Crippen LogP contribution in [0.25, 0.3) is 0 Å². The van der Waals surface area contributed by atoms with Crippen molar-refractivity contribution in [2.24, 2.45) is 5.92 Å². The average molecular weight is 258 g/mol. The Morgan fingerprint density at radius 2 is 2.12 bits per heavy atom. The van der Waals surface area contributed by atoms with E-state index in [9.17, 15) is 12.8 Å². The van der Waals surface area contributed by atoms with Crippen LogP contribution in [-0.4, -0.2) is 14.5 Å². The molecule has 3 N–H and O–H groups in total. The lowest BCUT2D eigenvalue weighted by molar-refractivity contribution is 0.527. The van der Waals surface area contributed by atoms with E-state index in [0.29, 0.717) is 5.92 Å².